The first-order chi connectivity index (χ1) is 10.0. The SMILES string of the molecule is Cc1cc(O)n(CCOc2ccc(Cl)cc2)c(=O)c1C#N. The third-order valence-electron chi connectivity index (χ3n) is 2.98. The summed E-state index contributed by atoms with van der Waals surface area (Å²) in [7, 11) is 0. The molecule has 6 heteroatoms. The van der Waals surface area contributed by atoms with Crippen LogP contribution in [-0.4, -0.2) is 16.3 Å². The van der Waals surface area contributed by atoms with E-state index in [4.69, 9.17) is 21.6 Å². The highest BCUT2D eigenvalue weighted by Gasteiger charge is 2.11. The number of pyridine rings is 1. The lowest BCUT2D eigenvalue weighted by Gasteiger charge is -2.11. The molecule has 1 aromatic carbocycles. The summed E-state index contributed by atoms with van der Waals surface area (Å²) in [5, 5.41) is 19.4. The lowest BCUT2D eigenvalue weighted by atomic mass is 10.2. The van der Waals surface area contributed by atoms with Gasteiger partial charge < -0.3 is 9.84 Å². The largest absolute Gasteiger partial charge is 0.494 e. The van der Waals surface area contributed by atoms with Crippen LogP contribution >= 0.6 is 11.6 Å². The van der Waals surface area contributed by atoms with Crippen molar-refractivity contribution in [1.29, 1.82) is 5.26 Å². The molecule has 0 atom stereocenters. The average molecular weight is 305 g/mol. The molecule has 0 saturated carbocycles. The molecule has 2 rings (SSSR count). The number of hydrogen-bond donors (Lipinski definition) is 1. The Balaban J connectivity index is 2.12. The molecule has 108 valence electrons. The second-order valence-corrected chi connectivity index (χ2v) is 4.87. The molecule has 1 heterocycles. The van der Waals surface area contributed by atoms with E-state index in [1.165, 1.54) is 6.07 Å². The van der Waals surface area contributed by atoms with Crippen LogP contribution in [0.5, 0.6) is 11.6 Å². The van der Waals surface area contributed by atoms with E-state index >= 15 is 0 Å². The van der Waals surface area contributed by atoms with Crippen molar-refractivity contribution in [3.05, 3.63) is 56.8 Å². The second-order valence-electron chi connectivity index (χ2n) is 4.43. The van der Waals surface area contributed by atoms with Crippen molar-refractivity contribution >= 4 is 11.6 Å². The Bertz CT molecular complexity index is 745. The van der Waals surface area contributed by atoms with Gasteiger partial charge in [0.2, 0.25) is 0 Å². The quantitative estimate of drug-likeness (QED) is 0.941. The molecule has 1 aromatic heterocycles. The number of halogens is 1. The Morgan fingerprint density at radius 2 is 2.05 bits per heavy atom. The molecule has 0 aliphatic heterocycles. The topological polar surface area (TPSA) is 75.2 Å². The summed E-state index contributed by atoms with van der Waals surface area (Å²) in [4.78, 5) is 12.0. The van der Waals surface area contributed by atoms with Gasteiger partial charge in [-0.15, -0.1) is 0 Å². The minimum atomic E-state index is -0.519. The number of nitrogens with zero attached hydrogens (tertiary/aromatic N) is 2. The molecule has 0 aliphatic carbocycles. The summed E-state index contributed by atoms with van der Waals surface area (Å²) in [5.74, 6) is 0.427. The maximum absolute atomic E-state index is 12.0. The van der Waals surface area contributed by atoms with Crippen LogP contribution in [0, 0.1) is 18.3 Å². The van der Waals surface area contributed by atoms with Gasteiger partial charge in [0.05, 0.1) is 6.54 Å². The predicted octanol–water partition coefficient (Wildman–Crippen LogP) is 2.47. The maximum Gasteiger partial charge on any atom is 0.271 e. The third-order valence-corrected chi connectivity index (χ3v) is 3.24. The van der Waals surface area contributed by atoms with Gasteiger partial charge in [0, 0.05) is 11.1 Å². The average Bonchev–Trinajstić information content (AvgIpc) is 2.44. The van der Waals surface area contributed by atoms with E-state index in [1.807, 2.05) is 6.07 Å². The van der Waals surface area contributed by atoms with Gasteiger partial charge in [0.25, 0.3) is 5.56 Å². The molecule has 5 nitrogen and oxygen atoms in total. The van der Waals surface area contributed by atoms with Gasteiger partial charge in [-0.05, 0) is 36.8 Å². The fourth-order valence-corrected chi connectivity index (χ4v) is 2.02. The van der Waals surface area contributed by atoms with Crippen molar-refractivity contribution in [2.45, 2.75) is 13.5 Å². The number of aromatic hydroxyl groups is 1. The molecule has 2 aromatic rings. The van der Waals surface area contributed by atoms with Gasteiger partial charge in [0.1, 0.15) is 24.0 Å². The van der Waals surface area contributed by atoms with E-state index in [0.29, 0.717) is 16.3 Å². The van der Waals surface area contributed by atoms with Crippen molar-refractivity contribution in [3.63, 3.8) is 0 Å². The number of nitriles is 1. The molecular weight excluding hydrogens is 292 g/mol. The highest BCUT2D eigenvalue weighted by Crippen LogP contribution is 2.16. The van der Waals surface area contributed by atoms with Crippen molar-refractivity contribution < 1.29 is 9.84 Å². The lowest BCUT2D eigenvalue weighted by Crippen LogP contribution is -2.26. The van der Waals surface area contributed by atoms with Gasteiger partial charge in [-0.2, -0.15) is 5.26 Å². The van der Waals surface area contributed by atoms with Crippen molar-refractivity contribution in [2.75, 3.05) is 6.61 Å². The number of hydrogen-bond acceptors (Lipinski definition) is 4. The van der Waals surface area contributed by atoms with Crippen molar-refractivity contribution in [1.82, 2.24) is 4.57 Å². The van der Waals surface area contributed by atoms with E-state index in [2.05, 4.69) is 0 Å². The summed E-state index contributed by atoms with van der Waals surface area (Å²) in [6.07, 6.45) is 0. The van der Waals surface area contributed by atoms with E-state index < -0.39 is 5.56 Å². The zero-order chi connectivity index (χ0) is 15.4. The first-order valence-electron chi connectivity index (χ1n) is 6.25. The highest BCUT2D eigenvalue weighted by molar-refractivity contribution is 6.30. The fourth-order valence-electron chi connectivity index (χ4n) is 1.89. The van der Waals surface area contributed by atoms with E-state index in [-0.39, 0.29) is 24.6 Å². The van der Waals surface area contributed by atoms with Gasteiger partial charge in [-0.3, -0.25) is 9.36 Å². The molecule has 0 bridgehead atoms. The standard InChI is InChI=1S/C15H13ClN2O3/c1-10-8-14(19)18(15(20)13(10)9-17)6-7-21-12-4-2-11(16)3-5-12/h2-5,8,19H,6-7H2,1H3. The molecule has 0 radical (unpaired) electrons. The van der Waals surface area contributed by atoms with Crippen LogP contribution in [0.4, 0.5) is 0 Å². The molecule has 1 N–H and O–H groups in total. The molecule has 0 saturated heterocycles. The third kappa shape index (κ3) is 3.36. The Morgan fingerprint density at radius 3 is 2.67 bits per heavy atom. The number of rotatable bonds is 4. The number of aryl methyl sites for hydroxylation is 1. The minimum Gasteiger partial charge on any atom is -0.494 e. The monoisotopic (exact) mass is 304 g/mol. The molecule has 0 fully saturated rings. The molecule has 21 heavy (non-hydrogen) atoms. The van der Waals surface area contributed by atoms with Gasteiger partial charge in [0.15, 0.2) is 5.88 Å². The van der Waals surface area contributed by atoms with Crippen LogP contribution in [0.3, 0.4) is 0 Å². The molecular formula is C15H13ClN2O3. The van der Waals surface area contributed by atoms with Gasteiger partial charge in [-0.25, -0.2) is 0 Å². The smallest absolute Gasteiger partial charge is 0.271 e. The Labute approximate surface area is 126 Å². The fraction of sp³-hybridized carbons (Fsp3) is 0.200. The van der Waals surface area contributed by atoms with Crippen molar-refractivity contribution in [2.24, 2.45) is 0 Å². The van der Waals surface area contributed by atoms with E-state index in [1.54, 1.807) is 31.2 Å². The normalized spacial score (nSPS) is 10.1. The zero-order valence-electron chi connectivity index (χ0n) is 11.3. The van der Waals surface area contributed by atoms with Crippen LogP contribution in [0.25, 0.3) is 0 Å². The van der Waals surface area contributed by atoms with Crippen LogP contribution in [0.15, 0.2) is 35.1 Å². The Morgan fingerprint density at radius 1 is 1.38 bits per heavy atom. The second kappa shape index (κ2) is 6.33. The number of aromatic nitrogens is 1. The highest BCUT2D eigenvalue weighted by atomic mass is 35.5. The van der Waals surface area contributed by atoms with Crippen LogP contribution in [0.2, 0.25) is 5.02 Å². The maximum atomic E-state index is 12.0. The van der Waals surface area contributed by atoms with Crippen molar-refractivity contribution in [3.8, 4) is 17.7 Å². The zero-order valence-corrected chi connectivity index (χ0v) is 12.1. The Hall–Kier alpha value is -2.45. The molecule has 0 spiro atoms. The Kier molecular flexibility index (Phi) is 4.51. The minimum absolute atomic E-state index is 0.0271. The van der Waals surface area contributed by atoms with E-state index in [0.717, 1.165) is 4.57 Å². The van der Waals surface area contributed by atoms with Crippen LogP contribution in [-0.2, 0) is 6.54 Å². The summed E-state index contributed by atoms with van der Waals surface area (Å²) in [5.41, 5.74) is -0.0381. The van der Waals surface area contributed by atoms with Gasteiger partial charge in [-0.1, -0.05) is 11.6 Å². The first kappa shape index (κ1) is 14.9. The molecule has 0 amide bonds. The summed E-state index contributed by atoms with van der Waals surface area (Å²) >= 11 is 5.77. The molecule has 0 unspecified atom stereocenters. The number of ether oxygens (including phenoxy) is 1. The van der Waals surface area contributed by atoms with E-state index in [9.17, 15) is 9.90 Å². The first-order valence-corrected chi connectivity index (χ1v) is 6.62. The predicted molar refractivity (Wildman–Crippen MR) is 78.8 cm³/mol. The van der Waals surface area contributed by atoms with Crippen LogP contribution < -0.4 is 10.3 Å². The summed E-state index contributed by atoms with van der Waals surface area (Å²) < 4.78 is 6.58. The molecule has 0 aliphatic rings. The number of benzene rings is 1. The lowest BCUT2D eigenvalue weighted by molar-refractivity contribution is 0.284. The van der Waals surface area contributed by atoms with Gasteiger partial charge >= 0.3 is 0 Å². The summed E-state index contributed by atoms with van der Waals surface area (Å²) in [6.45, 7) is 1.93. The summed E-state index contributed by atoms with van der Waals surface area (Å²) in [6, 6.07) is 10.0. The van der Waals surface area contributed by atoms with Crippen LogP contribution in [0.1, 0.15) is 11.1 Å².